The van der Waals surface area contributed by atoms with Crippen LogP contribution in [0.3, 0.4) is 0 Å². The van der Waals surface area contributed by atoms with Crippen LogP contribution < -0.4 is 0 Å². The van der Waals surface area contributed by atoms with Crippen LogP contribution in [0.2, 0.25) is 0 Å². The second-order valence-electron chi connectivity index (χ2n) is 3.63. The Bertz CT molecular complexity index is 541. The maximum Gasteiger partial charge on any atom is 0.198 e. The predicted molar refractivity (Wildman–Crippen MR) is 60.9 cm³/mol. The molecule has 0 aliphatic carbocycles. The Balaban J connectivity index is 2.94. The monoisotopic (exact) mass is 224 g/mol. The predicted octanol–water partition coefficient (Wildman–Crippen LogP) is 0.836. The maximum atomic E-state index is 11.9. The van der Waals surface area contributed by atoms with E-state index >= 15 is 0 Å². The molecule has 74 valence electrons. The lowest BCUT2D eigenvalue weighted by molar-refractivity contribution is 0.604. The summed E-state index contributed by atoms with van der Waals surface area (Å²) >= 11 is 0. The van der Waals surface area contributed by atoms with Crippen molar-refractivity contribution in [1.82, 2.24) is 0 Å². The molecule has 1 aromatic rings. The topological polar surface area (TPSA) is 34.1 Å². The van der Waals surface area contributed by atoms with Crippen molar-refractivity contribution >= 4 is 25.7 Å². The Hall–Kier alpha value is -0.873. The first-order valence-corrected chi connectivity index (χ1v) is 6.97. The highest BCUT2D eigenvalue weighted by atomic mass is 32.2. The molecule has 14 heavy (non-hydrogen) atoms. The van der Waals surface area contributed by atoms with Gasteiger partial charge in [-0.25, -0.2) is 8.42 Å². The van der Waals surface area contributed by atoms with Crippen molar-refractivity contribution in [2.75, 3.05) is 0 Å². The van der Waals surface area contributed by atoms with E-state index in [1.165, 1.54) is 0 Å². The molecular weight excluding hydrogens is 212 g/mol. The molecule has 0 spiro atoms. The highest BCUT2D eigenvalue weighted by molar-refractivity contribution is 7.97. The van der Waals surface area contributed by atoms with Crippen molar-refractivity contribution in [2.45, 2.75) is 18.7 Å². The van der Waals surface area contributed by atoms with Crippen LogP contribution in [0.1, 0.15) is 18.1 Å². The highest BCUT2D eigenvalue weighted by Gasteiger charge is 2.30. The third-order valence-electron chi connectivity index (χ3n) is 2.83. The van der Waals surface area contributed by atoms with Crippen LogP contribution in [0.5, 0.6) is 0 Å². The normalized spacial score (nSPS) is 18.7. The lowest BCUT2D eigenvalue weighted by atomic mass is 10.0. The van der Waals surface area contributed by atoms with Gasteiger partial charge in [-0.3, -0.25) is 0 Å². The van der Waals surface area contributed by atoms with E-state index in [-0.39, 0.29) is 0 Å². The van der Waals surface area contributed by atoms with Gasteiger partial charge in [-0.1, -0.05) is 12.1 Å². The molecule has 2 rings (SSSR count). The highest BCUT2D eigenvalue weighted by Crippen LogP contribution is 2.38. The number of fused-ring (bicyclic) bond motifs is 1. The zero-order chi connectivity index (χ0) is 10.5. The van der Waals surface area contributed by atoms with Crippen LogP contribution in [-0.2, 0) is 9.84 Å². The SMILES string of the molecule is CC1=C([SiH3])S(=O)(=O)c2cccc(C)c21. The summed E-state index contributed by atoms with van der Waals surface area (Å²) in [6.45, 7) is 3.86. The molecule has 0 saturated carbocycles. The van der Waals surface area contributed by atoms with Crippen LogP contribution in [0.15, 0.2) is 27.6 Å². The number of rotatable bonds is 0. The number of hydrogen-bond donors (Lipinski definition) is 0. The molecule has 0 N–H and O–H groups in total. The summed E-state index contributed by atoms with van der Waals surface area (Å²) < 4.78 is 24.5. The first-order chi connectivity index (χ1) is 6.46. The fraction of sp³-hybridized carbons (Fsp3) is 0.200. The second kappa shape index (κ2) is 2.81. The van der Waals surface area contributed by atoms with Crippen molar-refractivity contribution in [2.24, 2.45) is 0 Å². The molecule has 0 aromatic heterocycles. The zero-order valence-electron chi connectivity index (χ0n) is 8.46. The number of allylic oxidation sites excluding steroid dienone is 1. The van der Waals surface area contributed by atoms with Gasteiger partial charge in [0.2, 0.25) is 0 Å². The molecular formula is C10H12O2SSi. The lowest BCUT2D eigenvalue weighted by Crippen LogP contribution is -2.00. The zero-order valence-corrected chi connectivity index (χ0v) is 11.3. The van der Waals surface area contributed by atoms with E-state index in [2.05, 4.69) is 0 Å². The van der Waals surface area contributed by atoms with E-state index in [1.54, 1.807) is 12.1 Å². The number of benzene rings is 1. The Morgan fingerprint density at radius 3 is 2.43 bits per heavy atom. The number of aryl methyl sites for hydroxylation is 1. The largest absolute Gasteiger partial charge is 0.219 e. The van der Waals surface area contributed by atoms with Crippen LogP contribution in [0.25, 0.3) is 5.57 Å². The minimum absolute atomic E-state index is 0.500. The summed E-state index contributed by atoms with van der Waals surface area (Å²) in [4.78, 5) is 0.500. The molecule has 1 aliphatic rings. The minimum Gasteiger partial charge on any atom is -0.219 e. The van der Waals surface area contributed by atoms with Crippen LogP contribution >= 0.6 is 0 Å². The van der Waals surface area contributed by atoms with Gasteiger partial charge in [-0.2, -0.15) is 0 Å². The van der Waals surface area contributed by atoms with Gasteiger partial charge in [-0.15, -0.1) is 0 Å². The summed E-state index contributed by atoms with van der Waals surface area (Å²) in [6, 6.07) is 5.46. The van der Waals surface area contributed by atoms with Crippen molar-refractivity contribution in [3.63, 3.8) is 0 Å². The molecule has 0 atom stereocenters. The van der Waals surface area contributed by atoms with E-state index in [4.69, 9.17) is 0 Å². The summed E-state index contributed by atoms with van der Waals surface area (Å²) in [5, 5.41) is 0. The summed E-state index contributed by atoms with van der Waals surface area (Å²) in [7, 11) is -2.53. The van der Waals surface area contributed by atoms with Crippen molar-refractivity contribution in [1.29, 1.82) is 0 Å². The molecule has 2 nitrogen and oxygen atoms in total. The number of sulfone groups is 1. The van der Waals surface area contributed by atoms with Gasteiger partial charge >= 0.3 is 0 Å². The Morgan fingerprint density at radius 1 is 1.21 bits per heavy atom. The molecule has 1 heterocycles. The average Bonchev–Trinajstić information content (AvgIpc) is 2.30. The average molecular weight is 224 g/mol. The summed E-state index contributed by atoms with van der Waals surface area (Å²) in [6.07, 6.45) is 0. The van der Waals surface area contributed by atoms with Gasteiger partial charge in [0.1, 0.15) is 0 Å². The first kappa shape index (κ1) is 9.67. The van der Waals surface area contributed by atoms with Gasteiger partial charge in [0.05, 0.1) is 15.1 Å². The van der Waals surface area contributed by atoms with Gasteiger partial charge in [0, 0.05) is 4.53 Å². The standard InChI is InChI=1S/C10H12O2SSi/c1-6-4-3-5-8-9(6)7(2)10(14)13(8,11)12/h3-5H,1-2,14H3. The minimum atomic E-state index is -3.11. The van der Waals surface area contributed by atoms with Gasteiger partial charge in [0.25, 0.3) is 0 Å². The van der Waals surface area contributed by atoms with E-state index in [9.17, 15) is 8.42 Å². The van der Waals surface area contributed by atoms with E-state index in [0.717, 1.165) is 16.7 Å². The second-order valence-corrected chi connectivity index (χ2v) is 7.42. The third kappa shape index (κ3) is 1.04. The van der Waals surface area contributed by atoms with E-state index in [0.29, 0.717) is 19.7 Å². The van der Waals surface area contributed by atoms with Crippen molar-refractivity contribution in [3.8, 4) is 0 Å². The smallest absolute Gasteiger partial charge is 0.198 e. The van der Waals surface area contributed by atoms with Gasteiger partial charge in [0.15, 0.2) is 9.84 Å². The van der Waals surface area contributed by atoms with Gasteiger partial charge in [-0.05, 0) is 36.6 Å². The van der Waals surface area contributed by atoms with Gasteiger partial charge < -0.3 is 0 Å². The third-order valence-corrected chi connectivity index (χ3v) is 7.22. The molecule has 1 aliphatic heterocycles. The molecule has 0 bridgehead atoms. The molecule has 1 aromatic carbocycles. The quantitative estimate of drug-likeness (QED) is 0.612. The van der Waals surface area contributed by atoms with Crippen LogP contribution in [0.4, 0.5) is 0 Å². The summed E-state index contributed by atoms with van der Waals surface area (Å²) in [5.41, 5.74) is 2.93. The fourth-order valence-electron chi connectivity index (χ4n) is 1.89. The Morgan fingerprint density at radius 2 is 1.86 bits per heavy atom. The molecule has 4 heteroatoms. The van der Waals surface area contributed by atoms with Crippen molar-refractivity contribution in [3.05, 3.63) is 33.9 Å². The molecule has 0 amide bonds. The summed E-state index contributed by atoms with van der Waals surface area (Å²) in [5.74, 6) is 0. The lowest BCUT2D eigenvalue weighted by Gasteiger charge is -2.03. The Kier molecular flexibility index (Phi) is 1.94. The van der Waals surface area contributed by atoms with Crippen LogP contribution in [-0.4, -0.2) is 18.7 Å². The van der Waals surface area contributed by atoms with E-state index in [1.807, 2.05) is 19.9 Å². The maximum absolute atomic E-state index is 11.9. The molecule has 0 saturated heterocycles. The van der Waals surface area contributed by atoms with Crippen LogP contribution in [0, 0.1) is 6.92 Å². The Labute approximate surface area is 87.0 Å². The number of hydrogen-bond acceptors (Lipinski definition) is 2. The first-order valence-electron chi connectivity index (χ1n) is 4.49. The molecule has 0 radical (unpaired) electrons. The molecule has 0 fully saturated rings. The van der Waals surface area contributed by atoms with Crippen molar-refractivity contribution < 1.29 is 8.42 Å². The van der Waals surface area contributed by atoms with E-state index < -0.39 is 9.84 Å². The fourth-order valence-corrected chi connectivity index (χ4v) is 4.47. The molecule has 0 unspecified atom stereocenters.